The summed E-state index contributed by atoms with van der Waals surface area (Å²) in [7, 11) is 1.36. The number of allylic oxidation sites excluding steroid dienone is 1. The van der Waals surface area contributed by atoms with E-state index in [1.807, 2.05) is 0 Å². The predicted octanol–water partition coefficient (Wildman–Crippen LogP) is 8.52. The molecule has 0 aromatic rings. The second-order valence-corrected chi connectivity index (χ2v) is 19.7. The molecule has 0 aromatic carbocycles. The minimum absolute atomic E-state index is 0.0162. The topological polar surface area (TPSA) is 102 Å². The quantitative estimate of drug-likeness (QED) is 0.163. The Morgan fingerprint density at radius 3 is 2.33 bits per heavy atom. The van der Waals surface area contributed by atoms with Crippen LogP contribution >= 0.6 is 0 Å². The summed E-state index contributed by atoms with van der Waals surface area (Å²) in [6.07, 6.45) is 11.6. The van der Waals surface area contributed by atoms with Crippen LogP contribution < -0.4 is 5.32 Å². The van der Waals surface area contributed by atoms with Crippen LogP contribution in [0.3, 0.4) is 0 Å². The summed E-state index contributed by atoms with van der Waals surface area (Å²) in [4.78, 5) is 37.6. The summed E-state index contributed by atoms with van der Waals surface area (Å²) in [5.74, 6) is 8.31. The van der Waals surface area contributed by atoms with Gasteiger partial charge in [-0.2, -0.15) is 0 Å². The van der Waals surface area contributed by atoms with Gasteiger partial charge in [-0.25, -0.2) is 4.79 Å². The summed E-state index contributed by atoms with van der Waals surface area (Å²) >= 11 is 0. The molecule has 2 N–H and O–H groups in total. The molecule has 7 heteroatoms. The van der Waals surface area contributed by atoms with E-state index in [1.54, 1.807) is 13.8 Å². The zero-order valence-electron chi connectivity index (χ0n) is 33.1. The molecule has 7 nitrogen and oxygen atoms in total. The number of rotatable bonds is 6. The first-order valence-electron chi connectivity index (χ1n) is 19.9. The molecule has 6 rings (SSSR count). The molecular formula is C44H65NO6. The molecule has 6 aliphatic rings. The Morgan fingerprint density at radius 1 is 0.941 bits per heavy atom. The van der Waals surface area contributed by atoms with Crippen LogP contribution in [-0.4, -0.2) is 49.3 Å². The number of nitrogens with one attached hydrogen (secondary N) is 1. The van der Waals surface area contributed by atoms with Gasteiger partial charge in [0.1, 0.15) is 6.10 Å². The average molecular weight is 704 g/mol. The predicted molar refractivity (Wildman–Crippen MR) is 199 cm³/mol. The Labute approximate surface area is 307 Å². The molecule has 51 heavy (non-hydrogen) atoms. The van der Waals surface area contributed by atoms with Crippen molar-refractivity contribution in [1.29, 1.82) is 0 Å². The van der Waals surface area contributed by atoms with Crippen LogP contribution in [0.2, 0.25) is 0 Å². The molecule has 5 fully saturated rings. The average Bonchev–Trinajstić information content (AvgIpc) is 3.45. The van der Waals surface area contributed by atoms with Crippen molar-refractivity contribution in [2.45, 2.75) is 139 Å². The lowest BCUT2D eigenvalue weighted by molar-refractivity contribution is -0.247. The van der Waals surface area contributed by atoms with Crippen LogP contribution in [-0.2, 0) is 23.9 Å². The van der Waals surface area contributed by atoms with Crippen molar-refractivity contribution in [3.05, 3.63) is 23.3 Å². The highest BCUT2D eigenvalue weighted by atomic mass is 16.5. The lowest BCUT2D eigenvalue weighted by atomic mass is 9.32. The van der Waals surface area contributed by atoms with Crippen molar-refractivity contribution in [2.75, 3.05) is 20.2 Å². The molecule has 1 aliphatic heterocycles. The van der Waals surface area contributed by atoms with Gasteiger partial charge in [0.05, 0.1) is 24.5 Å². The summed E-state index contributed by atoms with van der Waals surface area (Å²) < 4.78 is 11.2. The zero-order chi connectivity index (χ0) is 37.4. The fourth-order valence-corrected chi connectivity index (χ4v) is 13.7. The normalized spacial score (nSPS) is 41.4. The lowest BCUT2D eigenvalue weighted by Crippen LogP contribution is -2.66. The van der Waals surface area contributed by atoms with Crippen LogP contribution in [0.4, 0.5) is 0 Å². The first-order chi connectivity index (χ1) is 23.8. The van der Waals surface area contributed by atoms with Gasteiger partial charge < -0.3 is 19.9 Å². The van der Waals surface area contributed by atoms with Crippen LogP contribution in [0.25, 0.3) is 0 Å². The van der Waals surface area contributed by atoms with Crippen molar-refractivity contribution in [1.82, 2.24) is 5.32 Å². The number of hydrogen-bond acceptors (Lipinski definition) is 6. The molecule has 0 bridgehead atoms. The molecule has 0 radical (unpaired) electrons. The highest BCUT2D eigenvalue weighted by molar-refractivity contribution is 5.89. The first-order valence-corrected chi connectivity index (χ1v) is 19.9. The Balaban J connectivity index is 1.28. The number of carboxylic acid groups (broad SMARTS) is 1. The Bertz CT molecular complexity index is 1560. The van der Waals surface area contributed by atoms with Gasteiger partial charge in [0.15, 0.2) is 0 Å². The number of hydrogen-bond donors (Lipinski definition) is 2. The van der Waals surface area contributed by atoms with Gasteiger partial charge in [0.2, 0.25) is 0 Å². The molecule has 0 spiro atoms. The van der Waals surface area contributed by atoms with Crippen molar-refractivity contribution in [3.8, 4) is 11.8 Å². The van der Waals surface area contributed by atoms with E-state index in [4.69, 9.17) is 9.47 Å². The van der Waals surface area contributed by atoms with E-state index in [1.165, 1.54) is 31.9 Å². The second kappa shape index (κ2) is 13.1. The smallest absolute Gasteiger partial charge is 0.333 e. The zero-order valence-corrected chi connectivity index (χ0v) is 33.1. The maximum atomic E-state index is 13.2. The maximum absolute atomic E-state index is 13.2. The van der Waals surface area contributed by atoms with Crippen LogP contribution in [0, 0.1) is 73.9 Å². The number of carboxylic acids is 1. The SMILES string of the molecule is C=C(C)[C@@H]1CCC2(C#CC3=C(C(=O)O)CNCC3)CC[C@]3(C)C(CCC4[C@@]5(C)CC[C@H](OC(=O)CC(C)(C)C(=O)OC)C(C)(C)C5CC[C@]43C)C12. The molecule has 282 valence electrons. The maximum Gasteiger partial charge on any atom is 0.333 e. The van der Waals surface area contributed by atoms with Crippen molar-refractivity contribution >= 4 is 17.9 Å². The number of fused-ring (bicyclic) bond motifs is 7. The van der Waals surface area contributed by atoms with Crippen molar-refractivity contribution in [3.63, 3.8) is 0 Å². The van der Waals surface area contributed by atoms with Gasteiger partial charge in [-0.1, -0.05) is 58.6 Å². The van der Waals surface area contributed by atoms with Crippen LogP contribution in [0.1, 0.15) is 132 Å². The van der Waals surface area contributed by atoms with Gasteiger partial charge in [-0.15, -0.1) is 0 Å². The van der Waals surface area contributed by atoms with Crippen LogP contribution in [0.15, 0.2) is 23.3 Å². The number of esters is 2. The molecular weight excluding hydrogens is 638 g/mol. The molecule has 5 aliphatic carbocycles. The number of carbonyl (C=O) groups excluding carboxylic acids is 2. The monoisotopic (exact) mass is 703 g/mol. The summed E-state index contributed by atoms with van der Waals surface area (Å²) in [5.41, 5.74) is 1.85. The van der Waals surface area contributed by atoms with E-state index in [0.29, 0.717) is 48.1 Å². The lowest BCUT2D eigenvalue weighted by Gasteiger charge is -2.72. The minimum Gasteiger partial charge on any atom is -0.478 e. The third-order valence-electron chi connectivity index (χ3n) is 16.5. The van der Waals surface area contributed by atoms with Gasteiger partial charge in [-0.3, -0.25) is 9.59 Å². The van der Waals surface area contributed by atoms with Gasteiger partial charge in [0, 0.05) is 29.5 Å². The third kappa shape index (κ3) is 5.93. The number of ether oxygens (including phenoxy) is 2. The van der Waals surface area contributed by atoms with Crippen LogP contribution in [0.5, 0.6) is 0 Å². The molecule has 10 atom stereocenters. The van der Waals surface area contributed by atoms with Crippen molar-refractivity contribution in [2.24, 2.45) is 62.1 Å². The fraction of sp³-hybridized carbons (Fsp3) is 0.795. The van der Waals surface area contributed by atoms with E-state index in [-0.39, 0.29) is 45.6 Å². The van der Waals surface area contributed by atoms with E-state index >= 15 is 0 Å². The van der Waals surface area contributed by atoms with E-state index in [9.17, 15) is 19.5 Å². The third-order valence-corrected chi connectivity index (χ3v) is 16.5. The van der Waals surface area contributed by atoms with Gasteiger partial charge in [-0.05, 0) is 137 Å². The molecule has 0 aromatic heterocycles. The molecule has 1 heterocycles. The minimum atomic E-state index is -0.919. The number of carbonyl (C=O) groups is 3. The molecule has 5 saturated carbocycles. The second-order valence-electron chi connectivity index (χ2n) is 19.7. The fourth-order valence-electron chi connectivity index (χ4n) is 13.7. The molecule has 0 amide bonds. The summed E-state index contributed by atoms with van der Waals surface area (Å²) in [6, 6.07) is 0. The Kier molecular flexibility index (Phi) is 9.77. The molecule has 5 unspecified atom stereocenters. The summed E-state index contributed by atoms with van der Waals surface area (Å²) in [6.45, 7) is 23.9. The number of methoxy groups -OCH3 is 1. The highest BCUT2D eigenvalue weighted by Gasteiger charge is 2.71. The standard InChI is InChI=1S/C44H65NO6/c1-27(2)29-14-21-44(20-13-28-17-24-45-26-30(28)37(47)48)23-22-42(8)31(36(29)44)11-12-33-41(7)18-16-34(40(5,6)32(41)15-19-43(33,42)9)51-35(46)25-39(3,4)38(49)50-10/h29,31-34,36,45H,1,11-12,14-19,21-26H2,2-10H3,(H,47,48)/t29-,31?,32?,33?,34-,36?,41-,42+,43+,44?/m0/s1. The number of aliphatic carboxylic acids is 1. The van der Waals surface area contributed by atoms with E-state index in [2.05, 4.69) is 65.3 Å². The van der Waals surface area contributed by atoms with Crippen molar-refractivity contribution < 1.29 is 29.0 Å². The van der Waals surface area contributed by atoms with Gasteiger partial charge in [0.25, 0.3) is 0 Å². The molecule has 0 saturated heterocycles. The largest absolute Gasteiger partial charge is 0.478 e. The first kappa shape index (κ1) is 38.1. The van der Waals surface area contributed by atoms with E-state index < -0.39 is 17.4 Å². The highest BCUT2D eigenvalue weighted by Crippen LogP contribution is 2.77. The van der Waals surface area contributed by atoms with Gasteiger partial charge >= 0.3 is 17.9 Å². The van der Waals surface area contributed by atoms with E-state index in [0.717, 1.165) is 57.1 Å². The Hall–Kier alpha value is -2.59. The Morgan fingerprint density at radius 2 is 1.67 bits per heavy atom. The summed E-state index contributed by atoms with van der Waals surface area (Å²) in [5, 5.41) is 13.1.